The molecule has 0 atom stereocenters. The molecule has 0 fully saturated rings. The van der Waals surface area contributed by atoms with Gasteiger partial charge in [0, 0.05) is 43.0 Å². The van der Waals surface area contributed by atoms with Crippen LogP contribution in [0.5, 0.6) is 40.2 Å². The molecule has 0 aliphatic heterocycles. The summed E-state index contributed by atoms with van der Waals surface area (Å²) in [4.78, 5) is 32.7. The Hall–Kier alpha value is -11.7. The van der Waals surface area contributed by atoms with Crippen LogP contribution in [0.25, 0.3) is 33.1 Å². The fourth-order valence-electron chi connectivity index (χ4n) is 10.7. The molecule has 27 heteroatoms. The van der Waals surface area contributed by atoms with Crippen molar-refractivity contribution in [3.8, 4) is 40.2 Å². The molecule has 25 nitrogen and oxygen atoms in total. The number of phenols is 2. The van der Waals surface area contributed by atoms with Gasteiger partial charge in [0.1, 0.15) is 70.1 Å². The number of hydrogen-bond acceptors (Lipinski definition) is 20. The van der Waals surface area contributed by atoms with E-state index in [-0.39, 0.29) is 32.9 Å². The number of halogens is 2. The van der Waals surface area contributed by atoms with Crippen molar-refractivity contribution in [2.24, 2.45) is 0 Å². The number of nitrogens with two attached hydrogens (primary N) is 1. The Balaban J connectivity index is 0.000000172. The number of anilines is 1. The molecular weight excluding hydrogens is 1490 g/mol. The zero-order chi connectivity index (χ0) is 81.9. The van der Waals surface area contributed by atoms with E-state index in [2.05, 4.69) is 15.0 Å². The van der Waals surface area contributed by atoms with E-state index >= 15 is 0 Å². The van der Waals surface area contributed by atoms with Gasteiger partial charge in [-0.05, 0) is 182 Å². The van der Waals surface area contributed by atoms with Crippen LogP contribution in [0.1, 0.15) is 89.6 Å². The molecule has 113 heavy (non-hydrogen) atoms. The third-order valence-corrected chi connectivity index (χ3v) is 16.9. The molecule has 594 valence electrons. The van der Waals surface area contributed by atoms with Gasteiger partial charge in [0.25, 0.3) is 11.4 Å². The third kappa shape index (κ3) is 30.2. The maximum Gasteiger partial charge on any atom is 0.291 e. The fourth-order valence-corrected chi connectivity index (χ4v) is 11.1. The Morgan fingerprint density at radius 3 is 1.31 bits per heavy atom. The molecule has 0 amide bonds. The summed E-state index contributed by atoms with van der Waals surface area (Å²) in [7, 11) is 0. The van der Waals surface area contributed by atoms with Crippen molar-refractivity contribution in [2.45, 2.75) is 137 Å². The number of aromatic hydroxyl groups is 2. The van der Waals surface area contributed by atoms with Gasteiger partial charge >= 0.3 is 0 Å². The topological polar surface area (TPSA) is 343 Å². The molecule has 0 radical (unpaired) electrons. The molecule has 8 N–H and O–H groups in total. The van der Waals surface area contributed by atoms with Crippen LogP contribution in [0.4, 0.5) is 17.1 Å². The fraction of sp³-hybridized carbons (Fsp3) is 0.267. The van der Waals surface area contributed by atoms with Gasteiger partial charge in [-0.2, -0.15) is 0 Å². The Morgan fingerprint density at radius 1 is 0.442 bits per heavy atom. The molecule has 3 heterocycles. The highest BCUT2D eigenvalue weighted by atomic mass is 35.5. The molecule has 3 aromatic heterocycles. The van der Waals surface area contributed by atoms with Crippen molar-refractivity contribution in [1.82, 2.24) is 28.7 Å². The SMILES string of the molecule is CC(C)(O)CCc1ccc(OCc2ccccc2)cc1N.CC(C)(O)Cn1cnc2cc(OCc3ccccc3)ccc21.CC(C)(O)OCCn1cnc2cc(O)ccc21.Cc1cccc(Oc2ccc3c(c2)ncn3CCOC(C)(C)O)c1.O=[N+]([O-])c1cc(O)ccc1Cl.O=[N+]([O-])c1cc(OCc2ccccc2)ccc1Cl. The third-order valence-electron chi connectivity index (χ3n) is 16.3. The predicted octanol–water partition coefficient (Wildman–Crippen LogP) is 18.1. The molecule has 13 rings (SSSR count). The van der Waals surface area contributed by atoms with E-state index in [0.29, 0.717) is 70.5 Å². The van der Waals surface area contributed by atoms with Crippen LogP contribution < -0.4 is 24.7 Å². The minimum atomic E-state index is -1.12. The highest BCUT2D eigenvalue weighted by Crippen LogP contribution is 2.32. The summed E-state index contributed by atoms with van der Waals surface area (Å²) in [5.41, 5.74) is 15.8. The van der Waals surface area contributed by atoms with Gasteiger partial charge < -0.3 is 78.5 Å². The summed E-state index contributed by atoms with van der Waals surface area (Å²) in [5.74, 6) is 1.36. The molecule has 0 bridgehead atoms. The van der Waals surface area contributed by atoms with E-state index in [1.807, 2.05) is 197 Å². The molecular formula is C86H95Cl2N9O16. The van der Waals surface area contributed by atoms with Crippen molar-refractivity contribution >= 4 is 73.4 Å². The first-order valence-corrected chi connectivity index (χ1v) is 36.8. The Labute approximate surface area is 665 Å². The summed E-state index contributed by atoms with van der Waals surface area (Å²) >= 11 is 11.1. The van der Waals surface area contributed by atoms with E-state index in [4.69, 9.17) is 62.5 Å². The number of ether oxygens (including phenoxy) is 6. The number of hydrogen-bond donors (Lipinski definition) is 7. The summed E-state index contributed by atoms with van der Waals surface area (Å²) in [6.07, 6.45) is 6.66. The minimum absolute atomic E-state index is 0.0211. The average molecular weight is 1580 g/mol. The van der Waals surface area contributed by atoms with Crippen molar-refractivity contribution < 1.29 is 68.9 Å². The van der Waals surface area contributed by atoms with Crippen LogP contribution in [0.2, 0.25) is 10.0 Å². The van der Waals surface area contributed by atoms with Gasteiger partial charge in [-0.25, -0.2) is 15.0 Å². The van der Waals surface area contributed by atoms with E-state index < -0.39 is 32.6 Å². The van der Waals surface area contributed by atoms with Crippen molar-refractivity contribution in [3.63, 3.8) is 0 Å². The van der Waals surface area contributed by atoms with Crippen molar-refractivity contribution in [3.05, 3.63) is 302 Å². The van der Waals surface area contributed by atoms with E-state index in [1.165, 1.54) is 24.3 Å². The number of nitrogen functional groups attached to an aromatic ring is 1. The Bertz CT molecular complexity index is 5180. The summed E-state index contributed by atoms with van der Waals surface area (Å²) in [5, 5.41) is 77.9. The highest BCUT2D eigenvalue weighted by Gasteiger charge is 2.20. The summed E-state index contributed by atoms with van der Waals surface area (Å²) < 4.78 is 39.4. The van der Waals surface area contributed by atoms with Crippen LogP contribution in [0.3, 0.4) is 0 Å². The average Bonchev–Trinajstić information content (AvgIpc) is 1.68. The Morgan fingerprint density at radius 2 is 0.841 bits per heavy atom. The van der Waals surface area contributed by atoms with Gasteiger partial charge in [0.15, 0.2) is 11.6 Å². The maximum absolute atomic E-state index is 10.7. The largest absolute Gasteiger partial charge is 0.508 e. The molecule has 10 aromatic carbocycles. The molecule has 13 aromatic rings. The van der Waals surface area contributed by atoms with Crippen LogP contribution in [-0.2, 0) is 55.3 Å². The second kappa shape index (κ2) is 41.0. The van der Waals surface area contributed by atoms with Crippen LogP contribution in [0, 0.1) is 27.2 Å². The van der Waals surface area contributed by atoms with E-state index in [0.717, 1.165) is 96.4 Å². The van der Waals surface area contributed by atoms with E-state index in [9.17, 15) is 45.8 Å². The smallest absolute Gasteiger partial charge is 0.291 e. The normalized spacial score (nSPS) is 11.3. The first-order chi connectivity index (χ1) is 53.6. The molecule has 0 saturated carbocycles. The van der Waals surface area contributed by atoms with Gasteiger partial charge in [-0.15, -0.1) is 0 Å². The maximum atomic E-state index is 10.7. The number of nitro groups is 2. The van der Waals surface area contributed by atoms with Crippen LogP contribution in [0.15, 0.2) is 243 Å². The zero-order valence-corrected chi connectivity index (χ0v) is 65.9. The number of fused-ring (bicyclic) bond motifs is 3. The minimum Gasteiger partial charge on any atom is -0.508 e. The van der Waals surface area contributed by atoms with Gasteiger partial charge in [0.2, 0.25) is 0 Å². The molecule has 0 spiro atoms. The number of phenolic OH excluding ortho intramolecular Hbond substituents is 2. The number of nitro benzene ring substituents is 2. The van der Waals surface area contributed by atoms with Crippen molar-refractivity contribution in [2.75, 3.05) is 18.9 Å². The van der Waals surface area contributed by atoms with E-state index in [1.54, 1.807) is 92.6 Å². The highest BCUT2D eigenvalue weighted by molar-refractivity contribution is 6.33. The number of aliphatic hydroxyl groups is 4. The van der Waals surface area contributed by atoms with Crippen molar-refractivity contribution in [1.29, 1.82) is 0 Å². The second-order valence-electron chi connectivity index (χ2n) is 28.3. The first-order valence-electron chi connectivity index (χ1n) is 36.0. The van der Waals surface area contributed by atoms with Gasteiger partial charge in [-0.1, -0.05) is 132 Å². The summed E-state index contributed by atoms with van der Waals surface area (Å²) in [6, 6.07) is 68.0. The number of rotatable bonds is 26. The first kappa shape index (κ1) is 86.9. The second-order valence-corrected chi connectivity index (χ2v) is 29.1. The number of aromatic nitrogens is 6. The van der Waals surface area contributed by atoms with Gasteiger partial charge in [0.05, 0.1) is 105 Å². The number of aryl methyl sites for hydroxylation is 2. The lowest BCUT2D eigenvalue weighted by Crippen LogP contribution is -2.25. The predicted molar refractivity (Wildman–Crippen MR) is 439 cm³/mol. The number of nitrogens with zero attached hydrogens (tertiary/aromatic N) is 8. The standard InChI is InChI=1S/C19H22N2O3.C18H20N2O2.C18H23NO2.C13H10ClNO3.C12H16N2O3.C6H4ClNO3/c1-14-5-4-6-15(11-14)24-16-7-8-18-17(12-16)20-13-21(18)9-10-23-19(2,3)22;1-18(2,21)12-20-13-19-16-10-15(8-9-17(16)20)22-11-14-6-4-3-5-7-14;1-18(2,20)11-10-15-8-9-16(12-17(15)19)21-13-14-6-4-3-5-7-14;14-12-7-6-11(8-13(12)15(16)17)18-9-10-4-2-1-3-5-10;1-12(2,16)17-6-5-14-8-13-10-7-9(15)3-4-11(10)14;7-5-2-1-4(9)3-6(5)8(10)11/h4-8,11-13,22H,9-10H2,1-3H3;3-10,13,21H,11-12H2,1-2H3;3-9,12,20H,10-11,13,19H2,1-2H3;1-8H,9H2;3-4,7-8,15-16H,5-6H2,1-2H3;1-3,9H. The quantitative estimate of drug-likeness (QED) is 0.0115. The lowest BCUT2D eigenvalue weighted by atomic mass is 9.98. The zero-order valence-electron chi connectivity index (χ0n) is 64.3. The monoisotopic (exact) mass is 1580 g/mol. The van der Waals surface area contributed by atoms with Gasteiger partial charge in [-0.3, -0.25) is 20.2 Å². The molecule has 0 unspecified atom stereocenters. The molecule has 0 saturated heterocycles. The number of imidazole rings is 3. The molecule has 0 aliphatic rings. The Kier molecular flexibility index (Phi) is 31.6. The number of benzene rings is 10. The summed E-state index contributed by atoms with van der Waals surface area (Å²) in [6.45, 7) is 19.6. The van der Waals surface area contributed by atoms with Crippen LogP contribution >= 0.6 is 23.2 Å². The lowest BCUT2D eigenvalue weighted by molar-refractivity contribution is -0.384. The lowest BCUT2D eigenvalue weighted by Gasteiger charge is -2.18. The molecule has 0 aliphatic carbocycles. The van der Waals surface area contributed by atoms with Crippen LogP contribution in [-0.4, -0.2) is 105 Å².